The zero-order valence-corrected chi connectivity index (χ0v) is 15.5. The fraction of sp³-hybridized carbons (Fsp3) is 0.600. The van der Waals surface area contributed by atoms with Crippen LogP contribution < -0.4 is 5.82 Å². The topological polar surface area (TPSA) is 124 Å². The Morgan fingerprint density at radius 1 is 1.17 bits per heavy atom. The van der Waals surface area contributed by atoms with Gasteiger partial charge in [-0.2, -0.15) is 0 Å². The summed E-state index contributed by atoms with van der Waals surface area (Å²) < 4.78 is 45.9. The molecule has 13 heteroatoms. The third kappa shape index (κ3) is 7.68. The van der Waals surface area contributed by atoms with E-state index in [1.807, 2.05) is 0 Å². The van der Waals surface area contributed by atoms with E-state index in [0.717, 1.165) is 0 Å². The van der Waals surface area contributed by atoms with Gasteiger partial charge in [0.15, 0.2) is 36.2 Å². The third-order valence-corrected chi connectivity index (χ3v) is 6.24. The van der Waals surface area contributed by atoms with E-state index in [1.165, 1.54) is 21.1 Å². The summed E-state index contributed by atoms with van der Waals surface area (Å²) in [6, 6.07) is 0. The highest BCUT2D eigenvalue weighted by atomic mass is 31.3. The number of ether oxygens (including phenoxy) is 1. The van der Waals surface area contributed by atoms with Crippen molar-refractivity contribution in [1.82, 2.24) is 0 Å². The number of esters is 1. The summed E-state index contributed by atoms with van der Waals surface area (Å²) in [6.07, 6.45) is -0.423. The van der Waals surface area contributed by atoms with E-state index in [0.29, 0.717) is 0 Å². The molecule has 0 aliphatic carbocycles. The van der Waals surface area contributed by atoms with Gasteiger partial charge < -0.3 is 22.6 Å². The minimum atomic E-state index is -3.53. The van der Waals surface area contributed by atoms with Gasteiger partial charge in [-0.1, -0.05) is 0 Å². The molecule has 0 aliphatic rings. The summed E-state index contributed by atoms with van der Waals surface area (Å²) >= 11 is 0. The summed E-state index contributed by atoms with van der Waals surface area (Å²) in [7, 11) is -1.77. The molecule has 2 atom stereocenters. The fourth-order valence-electron chi connectivity index (χ4n) is 1.25. The highest BCUT2D eigenvalue weighted by Gasteiger charge is 2.27. The molecule has 1 aromatic heterocycles. The molecule has 0 aromatic carbocycles. The Morgan fingerprint density at radius 3 is 2.26 bits per heavy atom. The zero-order valence-electron chi connectivity index (χ0n) is 12.7. The van der Waals surface area contributed by atoms with Crippen LogP contribution in [-0.4, -0.2) is 26.4 Å². The van der Waals surface area contributed by atoms with E-state index < -0.39 is 37.5 Å². The van der Waals surface area contributed by atoms with Gasteiger partial charge in [-0.15, -0.1) is 0 Å². The molecule has 0 fully saturated rings. The van der Waals surface area contributed by atoms with Gasteiger partial charge in [-0.3, -0.25) is 18.0 Å². The van der Waals surface area contributed by atoms with Crippen molar-refractivity contribution in [1.29, 1.82) is 0 Å². The lowest BCUT2D eigenvalue weighted by Gasteiger charge is -2.16. The molecule has 0 spiro atoms. The van der Waals surface area contributed by atoms with Gasteiger partial charge in [-0.05, 0) is 6.92 Å². The maximum atomic E-state index is 12.3. The van der Waals surface area contributed by atoms with Gasteiger partial charge >= 0.3 is 19.4 Å². The van der Waals surface area contributed by atoms with Crippen LogP contribution >= 0.6 is 25.7 Å². The first-order chi connectivity index (χ1) is 10.9. The molecule has 0 saturated carbocycles. The van der Waals surface area contributed by atoms with Crippen LogP contribution in [0, 0.1) is 6.92 Å². The van der Waals surface area contributed by atoms with Gasteiger partial charge in [0.2, 0.25) is 0 Å². The minimum Gasteiger partial charge on any atom is -0.457 e. The molecule has 1 aromatic rings. The average Bonchev–Trinajstić information content (AvgIpc) is 2.85. The monoisotopic (exact) mass is 390 g/mol. The smallest absolute Gasteiger partial charge is 0.457 e. The molecular formula is C10H17O10P3. The Balaban J connectivity index is 2.46. The predicted octanol–water partition coefficient (Wildman–Crippen LogP) is 2.51. The lowest BCUT2D eigenvalue weighted by atomic mass is 10.4. The molecule has 1 heterocycles. The minimum absolute atomic E-state index is 0.112. The number of carbonyl (C=O) groups is 1. The lowest BCUT2D eigenvalue weighted by Crippen LogP contribution is -2.08. The van der Waals surface area contributed by atoms with Crippen LogP contribution in [0.15, 0.2) is 13.6 Å². The first-order valence-electron chi connectivity index (χ1n) is 6.17. The Kier molecular flexibility index (Phi) is 9.17. The van der Waals surface area contributed by atoms with E-state index in [1.54, 1.807) is 0 Å². The Hall–Kier alpha value is -0.590. The molecule has 0 N–H and O–H groups in total. The summed E-state index contributed by atoms with van der Waals surface area (Å²) in [5, 5.41) is 0. The van der Waals surface area contributed by atoms with Gasteiger partial charge in [0.25, 0.3) is 0 Å². The highest BCUT2D eigenvalue weighted by molar-refractivity contribution is 7.63. The lowest BCUT2D eigenvalue weighted by molar-refractivity contribution is -0.145. The second-order valence-corrected chi connectivity index (χ2v) is 8.22. The first kappa shape index (κ1) is 20.5. The molecule has 10 nitrogen and oxygen atoms in total. The van der Waals surface area contributed by atoms with Crippen molar-refractivity contribution in [3.63, 3.8) is 0 Å². The largest absolute Gasteiger partial charge is 0.519 e. The van der Waals surface area contributed by atoms with Crippen LogP contribution in [0.25, 0.3) is 0 Å². The van der Waals surface area contributed by atoms with Crippen LogP contribution in [0.1, 0.15) is 17.9 Å². The van der Waals surface area contributed by atoms with Crippen molar-refractivity contribution >= 4 is 31.6 Å². The van der Waals surface area contributed by atoms with Crippen LogP contribution in [0.4, 0.5) is 0 Å². The number of aryl methyl sites for hydroxylation is 1. The Labute approximate surface area is 135 Å². The molecule has 0 aliphatic heterocycles. The summed E-state index contributed by atoms with van der Waals surface area (Å²) in [4.78, 5) is 22.5. The summed E-state index contributed by atoms with van der Waals surface area (Å²) in [5.74, 6) is -1.20. The molecule has 0 radical (unpaired) electrons. The maximum absolute atomic E-state index is 12.3. The second-order valence-electron chi connectivity index (χ2n) is 3.94. The van der Waals surface area contributed by atoms with Crippen molar-refractivity contribution in [3.8, 4) is 0 Å². The SMILES string of the molecule is COPOP(=O)(CCC(=O)OCc1oc(=O)oc1C)OPOC. The standard InChI is InChI=1S/C10H17O10P3/c1-7-8(18-10(12)17-7)6-16-9(11)4-5-23(13,19-21-14-2)20-22-15-3/h21-22H,4-6H2,1-3H3. The van der Waals surface area contributed by atoms with Crippen LogP contribution in [0.5, 0.6) is 0 Å². The van der Waals surface area contributed by atoms with Gasteiger partial charge in [0.05, 0.1) is 12.6 Å². The first-order valence-corrected chi connectivity index (χ1v) is 9.53. The molecule has 0 amide bonds. The number of rotatable bonds is 11. The normalized spacial score (nSPS) is 14.7. The molecule has 0 bridgehead atoms. The second kappa shape index (κ2) is 10.3. The molecule has 23 heavy (non-hydrogen) atoms. The quantitative estimate of drug-likeness (QED) is 0.411. The fourth-order valence-corrected chi connectivity index (χ4v) is 4.43. The number of hydrogen-bond donors (Lipinski definition) is 0. The Bertz CT molecular complexity index is 582. The van der Waals surface area contributed by atoms with Gasteiger partial charge in [0, 0.05) is 14.2 Å². The van der Waals surface area contributed by atoms with Crippen LogP contribution in [0.3, 0.4) is 0 Å². The molecule has 2 unspecified atom stereocenters. The molecular weight excluding hydrogens is 373 g/mol. The third-order valence-electron chi connectivity index (χ3n) is 2.31. The summed E-state index contributed by atoms with van der Waals surface area (Å²) in [6.45, 7) is 1.24. The van der Waals surface area contributed by atoms with Crippen LogP contribution in [0.2, 0.25) is 0 Å². The van der Waals surface area contributed by atoms with Crippen molar-refractivity contribution in [3.05, 3.63) is 22.1 Å². The highest BCUT2D eigenvalue weighted by Crippen LogP contribution is 2.58. The summed E-state index contributed by atoms with van der Waals surface area (Å²) in [5.41, 5.74) is 0. The molecule has 132 valence electrons. The number of hydrogen-bond acceptors (Lipinski definition) is 10. The van der Waals surface area contributed by atoms with Crippen LogP contribution in [-0.2, 0) is 38.4 Å². The van der Waals surface area contributed by atoms with E-state index in [9.17, 15) is 14.2 Å². The van der Waals surface area contributed by atoms with E-state index in [4.69, 9.17) is 22.4 Å². The van der Waals surface area contributed by atoms with Crippen molar-refractivity contribution in [2.75, 3.05) is 20.4 Å². The van der Waals surface area contributed by atoms with Crippen molar-refractivity contribution in [2.24, 2.45) is 0 Å². The molecule has 0 saturated heterocycles. The number of carbonyl (C=O) groups excluding carboxylic acids is 1. The molecule has 1 rings (SSSR count). The van der Waals surface area contributed by atoms with E-state index in [-0.39, 0.29) is 30.7 Å². The Morgan fingerprint density at radius 2 is 1.78 bits per heavy atom. The zero-order chi connectivity index (χ0) is 17.3. The van der Waals surface area contributed by atoms with Crippen molar-refractivity contribution < 1.29 is 40.6 Å². The maximum Gasteiger partial charge on any atom is 0.519 e. The van der Waals surface area contributed by atoms with Gasteiger partial charge in [-0.25, -0.2) is 4.79 Å². The predicted molar refractivity (Wildman–Crippen MR) is 81.7 cm³/mol. The van der Waals surface area contributed by atoms with E-state index in [2.05, 4.69) is 8.83 Å². The average molecular weight is 390 g/mol. The van der Waals surface area contributed by atoms with E-state index >= 15 is 0 Å². The van der Waals surface area contributed by atoms with Gasteiger partial charge in [0.1, 0.15) is 0 Å². The van der Waals surface area contributed by atoms with Crippen molar-refractivity contribution in [2.45, 2.75) is 20.0 Å².